The van der Waals surface area contributed by atoms with Gasteiger partial charge < -0.3 is 5.32 Å². The maximum absolute atomic E-state index is 12.3. The molecular weight excluding hydrogens is 298 g/mol. The molecule has 1 heterocycles. The van der Waals surface area contributed by atoms with Gasteiger partial charge in [0.15, 0.2) is 9.84 Å². The van der Waals surface area contributed by atoms with Gasteiger partial charge in [0, 0.05) is 6.54 Å². The second-order valence-corrected chi connectivity index (χ2v) is 8.81. The third kappa shape index (κ3) is 1.88. The first kappa shape index (κ1) is 11.6. The Bertz CT molecular complexity index is 462. The first-order valence-corrected chi connectivity index (χ1v) is 7.76. The minimum Gasteiger partial charge on any atom is -0.318 e. The number of nitrogens with one attached hydrogen (secondary N) is 1. The van der Waals surface area contributed by atoms with Crippen LogP contribution in [-0.2, 0) is 9.84 Å². The van der Waals surface area contributed by atoms with Crippen LogP contribution in [-0.4, -0.2) is 26.8 Å². The van der Waals surface area contributed by atoms with Crippen molar-refractivity contribution in [3.8, 4) is 0 Å². The van der Waals surface area contributed by atoms with E-state index in [4.69, 9.17) is 0 Å². The first-order chi connectivity index (χ1) is 7.02. The van der Waals surface area contributed by atoms with Crippen molar-refractivity contribution in [1.82, 2.24) is 5.32 Å². The predicted molar refractivity (Wildman–Crippen MR) is 65.1 cm³/mol. The lowest BCUT2D eigenvalue weighted by molar-refractivity contribution is 0.571. The lowest BCUT2D eigenvalue weighted by Crippen LogP contribution is -2.33. The zero-order valence-electron chi connectivity index (χ0n) is 8.29. The standard InChI is InChI=1S/C9H12BrNO2S2/c1-11-6-9(4-5-9)15(12,13)8-3-2-7(10)14-8/h2-3,11H,4-6H2,1H3. The summed E-state index contributed by atoms with van der Waals surface area (Å²) in [6.45, 7) is 0.546. The molecule has 1 aliphatic rings. The number of hydrogen-bond acceptors (Lipinski definition) is 4. The molecule has 0 aromatic carbocycles. The SMILES string of the molecule is CNCC1(S(=O)(=O)c2ccc(Br)s2)CC1. The number of halogens is 1. The molecule has 1 saturated carbocycles. The fourth-order valence-electron chi connectivity index (χ4n) is 1.66. The lowest BCUT2D eigenvalue weighted by Gasteiger charge is -2.13. The van der Waals surface area contributed by atoms with E-state index in [9.17, 15) is 8.42 Å². The maximum atomic E-state index is 12.3. The largest absolute Gasteiger partial charge is 0.318 e. The van der Waals surface area contributed by atoms with Crippen molar-refractivity contribution in [2.24, 2.45) is 0 Å². The van der Waals surface area contributed by atoms with Crippen LogP contribution >= 0.6 is 27.3 Å². The highest BCUT2D eigenvalue weighted by atomic mass is 79.9. The Morgan fingerprint density at radius 1 is 1.53 bits per heavy atom. The van der Waals surface area contributed by atoms with Crippen LogP contribution in [0.4, 0.5) is 0 Å². The van der Waals surface area contributed by atoms with Gasteiger partial charge in [-0.15, -0.1) is 11.3 Å². The summed E-state index contributed by atoms with van der Waals surface area (Å²) >= 11 is 4.58. The van der Waals surface area contributed by atoms with E-state index in [0.717, 1.165) is 16.6 Å². The number of hydrogen-bond donors (Lipinski definition) is 1. The quantitative estimate of drug-likeness (QED) is 0.926. The Hall–Kier alpha value is 0.0900. The van der Waals surface area contributed by atoms with Crippen molar-refractivity contribution in [1.29, 1.82) is 0 Å². The average Bonchev–Trinajstić information content (AvgIpc) is 2.83. The molecule has 0 saturated heterocycles. The third-order valence-electron chi connectivity index (χ3n) is 2.69. The molecule has 1 N–H and O–H groups in total. The Morgan fingerprint density at radius 2 is 2.20 bits per heavy atom. The van der Waals surface area contributed by atoms with Gasteiger partial charge in [0.25, 0.3) is 0 Å². The molecule has 84 valence electrons. The zero-order valence-corrected chi connectivity index (χ0v) is 11.5. The van der Waals surface area contributed by atoms with E-state index in [1.165, 1.54) is 11.3 Å². The van der Waals surface area contributed by atoms with Crippen LogP contribution in [0.2, 0.25) is 0 Å². The van der Waals surface area contributed by atoms with Crippen molar-refractivity contribution in [2.45, 2.75) is 21.8 Å². The fraction of sp³-hybridized carbons (Fsp3) is 0.556. The van der Waals surface area contributed by atoms with Crippen LogP contribution in [0, 0.1) is 0 Å². The third-order valence-corrected chi connectivity index (χ3v) is 7.38. The average molecular weight is 310 g/mol. The van der Waals surface area contributed by atoms with Crippen LogP contribution in [0.3, 0.4) is 0 Å². The molecule has 1 aromatic rings. The second kappa shape index (κ2) is 3.84. The molecule has 0 aliphatic heterocycles. The fourth-order valence-corrected chi connectivity index (χ4v) is 5.99. The van der Waals surface area contributed by atoms with E-state index < -0.39 is 14.6 Å². The second-order valence-electron chi connectivity index (χ2n) is 3.78. The van der Waals surface area contributed by atoms with Crippen LogP contribution in [0.5, 0.6) is 0 Å². The van der Waals surface area contributed by atoms with Gasteiger partial charge in [-0.2, -0.15) is 0 Å². The summed E-state index contributed by atoms with van der Waals surface area (Å²) in [5, 5.41) is 2.97. The van der Waals surface area contributed by atoms with Gasteiger partial charge in [0.2, 0.25) is 0 Å². The number of rotatable bonds is 4. The van der Waals surface area contributed by atoms with Crippen LogP contribution < -0.4 is 5.32 Å². The Labute approximate surface area is 102 Å². The van der Waals surface area contributed by atoms with Crippen LogP contribution in [0.1, 0.15) is 12.8 Å². The molecule has 6 heteroatoms. The molecule has 0 bridgehead atoms. The smallest absolute Gasteiger partial charge is 0.194 e. The molecule has 0 spiro atoms. The van der Waals surface area contributed by atoms with Crippen LogP contribution in [0.25, 0.3) is 0 Å². The molecule has 2 rings (SSSR count). The molecule has 1 aliphatic carbocycles. The summed E-state index contributed by atoms with van der Waals surface area (Å²) < 4.78 is 25.3. The van der Waals surface area contributed by atoms with E-state index in [2.05, 4.69) is 21.2 Å². The topological polar surface area (TPSA) is 46.2 Å². The van der Waals surface area contributed by atoms with E-state index in [-0.39, 0.29) is 0 Å². The van der Waals surface area contributed by atoms with Crippen LogP contribution in [0.15, 0.2) is 20.1 Å². The van der Waals surface area contributed by atoms with E-state index in [1.807, 2.05) is 0 Å². The van der Waals surface area contributed by atoms with Crippen molar-refractivity contribution < 1.29 is 8.42 Å². The molecule has 0 radical (unpaired) electrons. The monoisotopic (exact) mass is 309 g/mol. The predicted octanol–water partition coefficient (Wildman–Crippen LogP) is 2.04. The molecule has 0 amide bonds. The van der Waals surface area contributed by atoms with Gasteiger partial charge in [-0.3, -0.25) is 0 Å². The number of sulfone groups is 1. The minimum absolute atomic E-state index is 0.474. The zero-order chi connectivity index (χ0) is 11.1. The van der Waals surface area contributed by atoms with Gasteiger partial charge >= 0.3 is 0 Å². The first-order valence-electron chi connectivity index (χ1n) is 4.66. The van der Waals surface area contributed by atoms with Crippen molar-refractivity contribution in [3.05, 3.63) is 15.9 Å². The molecule has 1 aromatic heterocycles. The molecule has 0 unspecified atom stereocenters. The van der Waals surface area contributed by atoms with Crippen molar-refractivity contribution in [2.75, 3.05) is 13.6 Å². The Morgan fingerprint density at radius 3 is 2.60 bits per heavy atom. The van der Waals surface area contributed by atoms with Gasteiger partial charge in [-0.25, -0.2) is 8.42 Å². The summed E-state index contributed by atoms with van der Waals surface area (Å²) in [7, 11) is -1.35. The molecule has 3 nitrogen and oxygen atoms in total. The maximum Gasteiger partial charge on any atom is 0.194 e. The van der Waals surface area contributed by atoms with Gasteiger partial charge in [0.1, 0.15) is 4.21 Å². The van der Waals surface area contributed by atoms with E-state index in [0.29, 0.717) is 10.8 Å². The summed E-state index contributed by atoms with van der Waals surface area (Å²) in [5.74, 6) is 0. The van der Waals surface area contributed by atoms with Gasteiger partial charge in [0.05, 0.1) is 8.53 Å². The number of thiophene rings is 1. The Kier molecular flexibility index (Phi) is 2.96. The molecular formula is C9H12BrNO2S2. The minimum atomic E-state index is -3.14. The highest BCUT2D eigenvalue weighted by molar-refractivity contribution is 9.11. The highest BCUT2D eigenvalue weighted by Crippen LogP contribution is 2.47. The van der Waals surface area contributed by atoms with E-state index in [1.54, 1.807) is 19.2 Å². The van der Waals surface area contributed by atoms with Crippen molar-refractivity contribution >= 4 is 37.1 Å². The van der Waals surface area contributed by atoms with Crippen molar-refractivity contribution in [3.63, 3.8) is 0 Å². The lowest BCUT2D eigenvalue weighted by atomic mass is 10.4. The summed E-state index contributed by atoms with van der Waals surface area (Å²) in [6, 6.07) is 3.47. The normalized spacial score (nSPS) is 19.1. The summed E-state index contributed by atoms with van der Waals surface area (Å²) in [6.07, 6.45) is 1.54. The molecule has 0 atom stereocenters. The Balaban J connectivity index is 2.36. The summed E-state index contributed by atoms with van der Waals surface area (Å²) in [5.41, 5.74) is 0. The summed E-state index contributed by atoms with van der Waals surface area (Å²) in [4.78, 5) is 0. The van der Waals surface area contributed by atoms with Gasteiger partial charge in [-0.05, 0) is 48.0 Å². The molecule has 1 fully saturated rings. The molecule has 15 heavy (non-hydrogen) atoms. The van der Waals surface area contributed by atoms with E-state index >= 15 is 0 Å². The highest BCUT2D eigenvalue weighted by Gasteiger charge is 2.54. The van der Waals surface area contributed by atoms with Gasteiger partial charge in [-0.1, -0.05) is 0 Å².